The third-order valence-electron chi connectivity index (χ3n) is 5.33. The van der Waals surface area contributed by atoms with E-state index in [1.54, 1.807) is 4.68 Å². The van der Waals surface area contributed by atoms with Gasteiger partial charge in [-0.2, -0.15) is 5.10 Å². The molecule has 122 valence electrons. The predicted octanol–water partition coefficient (Wildman–Crippen LogP) is 0.662. The van der Waals surface area contributed by atoms with Crippen LogP contribution in [-0.2, 0) is 7.05 Å². The number of fused-ring (bicyclic) bond motifs is 2. The van der Waals surface area contributed by atoms with E-state index >= 15 is 0 Å². The Bertz CT molecular complexity index is 741. The van der Waals surface area contributed by atoms with Gasteiger partial charge in [-0.05, 0) is 43.8 Å². The van der Waals surface area contributed by atoms with Crippen LogP contribution in [0.1, 0.15) is 23.3 Å². The van der Waals surface area contributed by atoms with Gasteiger partial charge in [0.05, 0.1) is 17.7 Å². The summed E-state index contributed by atoms with van der Waals surface area (Å²) in [5, 5.41) is 22.0. The second kappa shape index (κ2) is 5.62. The maximum Gasteiger partial charge on any atom is 0.272 e. The lowest BCUT2D eigenvalue weighted by atomic mass is 9.77. The number of hydrogen-bond donors (Lipinski definition) is 3. The maximum atomic E-state index is 12.7. The van der Waals surface area contributed by atoms with Crippen LogP contribution in [0.5, 0.6) is 0 Å². The summed E-state index contributed by atoms with van der Waals surface area (Å²) in [7, 11) is 1.84. The Morgan fingerprint density at radius 3 is 2.87 bits per heavy atom. The van der Waals surface area contributed by atoms with Crippen LogP contribution in [0.25, 0.3) is 10.9 Å². The molecule has 2 aromatic rings. The molecule has 1 aromatic heterocycles. The van der Waals surface area contributed by atoms with Crippen molar-refractivity contribution in [3.05, 3.63) is 30.0 Å². The zero-order valence-corrected chi connectivity index (χ0v) is 13.2. The predicted molar refractivity (Wildman–Crippen MR) is 87.1 cm³/mol. The van der Waals surface area contributed by atoms with Crippen LogP contribution < -0.4 is 10.6 Å². The lowest BCUT2D eigenvalue weighted by molar-refractivity contribution is 0.0460. The molecule has 0 unspecified atom stereocenters. The number of nitrogens with one attached hydrogen (secondary N) is 2. The summed E-state index contributed by atoms with van der Waals surface area (Å²) in [6.07, 6.45) is 1.11. The van der Waals surface area contributed by atoms with Gasteiger partial charge in [0.1, 0.15) is 0 Å². The number of carbonyl (C=O) groups excluding carboxylic acids is 1. The number of aryl methyl sites for hydroxylation is 1. The fraction of sp³-hybridized carbons (Fsp3) is 0.529. The van der Waals surface area contributed by atoms with Crippen LogP contribution in [0.2, 0.25) is 0 Å². The Morgan fingerprint density at radius 1 is 1.30 bits per heavy atom. The molecular weight excluding hydrogens is 292 g/mol. The number of amides is 1. The molecule has 4 rings (SSSR count). The van der Waals surface area contributed by atoms with E-state index in [9.17, 15) is 9.90 Å². The normalized spacial score (nSPS) is 30.3. The van der Waals surface area contributed by atoms with E-state index in [0.29, 0.717) is 17.5 Å². The summed E-state index contributed by atoms with van der Waals surface area (Å²) in [6, 6.07) is 7.51. The molecule has 1 aliphatic heterocycles. The van der Waals surface area contributed by atoms with Crippen LogP contribution >= 0.6 is 0 Å². The van der Waals surface area contributed by atoms with Crippen molar-refractivity contribution in [3.63, 3.8) is 0 Å². The van der Waals surface area contributed by atoms with E-state index < -0.39 is 6.10 Å². The summed E-state index contributed by atoms with van der Waals surface area (Å²) in [5.41, 5.74) is 1.36. The van der Waals surface area contributed by atoms with Crippen molar-refractivity contribution in [2.75, 3.05) is 13.1 Å². The molecule has 0 bridgehead atoms. The molecule has 0 spiro atoms. The first-order chi connectivity index (χ1) is 11.1. The highest BCUT2D eigenvalue weighted by atomic mass is 16.3. The highest BCUT2D eigenvalue weighted by molar-refractivity contribution is 6.04. The Balaban J connectivity index is 1.55. The summed E-state index contributed by atoms with van der Waals surface area (Å²) >= 11 is 0. The van der Waals surface area contributed by atoms with Gasteiger partial charge in [-0.1, -0.05) is 18.2 Å². The quantitative estimate of drug-likeness (QED) is 0.761. The number of carbonyl (C=O) groups is 1. The molecular formula is C17H22N4O2. The smallest absolute Gasteiger partial charge is 0.272 e. The molecule has 0 radical (unpaired) electrons. The van der Waals surface area contributed by atoms with E-state index in [1.165, 1.54) is 0 Å². The molecule has 6 nitrogen and oxygen atoms in total. The van der Waals surface area contributed by atoms with Crippen molar-refractivity contribution < 1.29 is 9.90 Å². The second-order valence-electron chi connectivity index (χ2n) is 6.79. The Kier molecular flexibility index (Phi) is 3.58. The minimum absolute atomic E-state index is 0.190. The van der Waals surface area contributed by atoms with Gasteiger partial charge in [-0.25, -0.2) is 0 Å². The van der Waals surface area contributed by atoms with Gasteiger partial charge in [0.2, 0.25) is 0 Å². The van der Waals surface area contributed by atoms with E-state index in [-0.39, 0.29) is 11.9 Å². The summed E-state index contributed by atoms with van der Waals surface area (Å²) in [5.74, 6) is 0.883. The fourth-order valence-corrected chi connectivity index (χ4v) is 4.07. The molecule has 1 saturated carbocycles. The number of aliphatic hydroxyl groups excluding tert-OH is 1. The highest BCUT2D eigenvalue weighted by Crippen LogP contribution is 2.33. The number of aliphatic hydroxyl groups is 1. The third kappa shape index (κ3) is 2.52. The summed E-state index contributed by atoms with van der Waals surface area (Å²) < 4.78 is 1.72. The molecule has 2 aliphatic rings. The first-order valence-electron chi connectivity index (χ1n) is 8.25. The topological polar surface area (TPSA) is 79.2 Å². The minimum Gasteiger partial charge on any atom is -0.391 e. The molecule has 2 fully saturated rings. The van der Waals surface area contributed by atoms with Crippen LogP contribution in [0.3, 0.4) is 0 Å². The number of benzene rings is 1. The molecule has 1 aliphatic carbocycles. The van der Waals surface area contributed by atoms with Gasteiger partial charge in [-0.15, -0.1) is 0 Å². The van der Waals surface area contributed by atoms with Gasteiger partial charge in [0, 0.05) is 12.4 Å². The minimum atomic E-state index is -0.477. The molecule has 1 saturated heterocycles. The lowest BCUT2D eigenvalue weighted by Gasteiger charge is -2.35. The van der Waals surface area contributed by atoms with Crippen LogP contribution in [0.4, 0.5) is 0 Å². The lowest BCUT2D eigenvalue weighted by Crippen LogP contribution is -2.49. The van der Waals surface area contributed by atoms with Crippen molar-refractivity contribution >= 4 is 16.8 Å². The Hall–Kier alpha value is -1.92. The zero-order chi connectivity index (χ0) is 16.0. The van der Waals surface area contributed by atoms with Gasteiger partial charge in [0.15, 0.2) is 5.69 Å². The summed E-state index contributed by atoms with van der Waals surface area (Å²) in [6.45, 7) is 1.96. The van der Waals surface area contributed by atoms with Gasteiger partial charge in [0.25, 0.3) is 5.91 Å². The van der Waals surface area contributed by atoms with Crippen molar-refractivity contribution in [2.24, 2.45) is 18.9 Å². The number of rotatable bonds is 2. The molecule has 23 heavy (non-hydrogen) atoms. The largest absolute Gasteiger partial charge is 0.391 e. The van der Waals surface area contributed by atoms with E-state index in [0.717, 1.165) is 36.8 Å². The molecule has 2 heterocycles. The number of hydrogen-bond acceptors (Lipinski definition) is 4. The van der Waals surface area contributed by atoms with Crippen LogP contribution in [-0.4, -0.2) is 46.0 Å². The van der Waals surface area contributed by atoms with Crippen molar-refractivity contribution in [1.82, 2.24) is 20.4 Å². The SMILES string of the molecule is Cn1nc(C(=O)N[C@H]2C[C@H]3CNC[C@H]3C[C@@H]2O)c2ccccc21. The number of aromatic nitrogens is 2. The molecule has 6 heteroatoms. The highest BCUT2D eigenvalue weighted by Gasteiger charge is 2.39. The monoisotopic (exact) mass is 314 g/mol. The van der Waals surface area contributed by atoms with Gasteiger partial charge >= 0.3 is 0 Å². The third-order valence-corrected chi connectivity index (χ3v) is 5.33. The Labute approximate surface area is 134 Å². The first-order valence-corrected chi connectivity index (χ1v) is 8.25. The second-order valence-corrected chi connectivity index (χ2v) is 6.79. The zero-order valence-electron chi connectivity index (χ0n) is 13.2. The summed E-state index contributed by atoms with van der Waals surface area (Å²) in [4.78, 5) is 12.7. The van der Waals surface area contributed by atoms with Gasteiger partial charge in [-0.3, -0.25) is 9.48 Å². The molecule has 1 amide bonds. The van der Waals surface area contributed by atoms with E-state index in [4.69, 9.17) is 0 Å². The number of nitrogens with zero attached hydrogens (tertiary/aromatic N) is 2. The molecule has 4 atom stereocenters. The van der Waals surface area contributed by atoms with E-state index in [1.807, 2.05) is 31.3 Å². The van der Waals surface area contributed by atoms with Crippen LogP contribution in [0, 0.1) is 11.8 Å². The maximum absolute atomic E-state index is 12.7. The molecule has 3 N–H and O–H groups in total. The van der Waals surface area contributed by atoms with Crippen molar-refractivity contribution in [3.8, 4) is 0 Å². The van der Waals surface area contributed by atoms with Crippen molar-refractivity contribution in [1.29, 1.82) is 0 Å². The first kappa shape index (κ1) is 14.7. The fourth-order valence-electron chi connectivity index (χ4n) is 4.07. The van der Waals surface area contributed by atoms with Crippen LogP contribution in [0.15, 0.2) is 24.3 Å². The Morgan fingerprint density at radius 2 is 2.04 bits per heavy atom. The van der Waals surface area contributed by atoms with Gasteiger partial charge < -0.3 is 15.7 Å². The average molecular weight is 314 g/mol. The molecule has 1 aromatic carbocycles. The average Bonchev–Trinajstić information content (AvgIpc) is 3.12. The standard InChI is InChI=1S/C17H22N4O2/c1-21-14-5-3-2-4-12(14)16(20-21)17(23)19-13-6-10-8-18-9-11(10)7-15(13)22/h2-5,10-11,13,15,18,22H,6-9H2,1H3,(H,19,23)/t10-,11+,13-,15-/m0/s1. The van der Waals surface area contributed by atoms with E-state index in [2.05, 4.69) is 15.7 Å². The number of para-hydroxylation sites is 1. The van der Waals surface area contributed by atoms with Crippen molar-refractivity contribution in [2.45, 2.75) is 25.0 Å².